The fraction of sp³-hybridized carbons (Fsp3) is 0. The molecule has 9 aromatic rings. The maximum atomic E-state index is 5.33. The molecule has 0 radical (unpaired) electrons. The Morgan fingerprint density at radius 2 is 0.673 bits per heavy atom. The Morgan fingerprint density at radius 3 is 1.19 bits per heavy atom. The van der Waals surface area contributed by atoms with Crippen LogP contribution in [0.1, 0.15) is 0 Å². The van der Waals surface area contributed by atoms with Crippen LogP contribution in [0.2, 0.25) is 0 Å². The van der Waals surface area contributed by atoms with Gasteiger partial charge in [0.25, 0.3) is 0 Å². The van der Waals surface area contributed by atoms with E-state index in [1.807, 2.05) is 61.2 Å². The molecule has 4 heteroatoms. The average Bonchev–Trinajstić information content (AvgIpc) is 3.24. The highest BCUT2D eigenvalue weighted by Gasteiger charge is 2.15. The van der Waals surface area contributed by atoms with E-state index in [1.54, 1.807) is 0 Å². The van der Waals surface area contributed by atoms with Gasteiger partial charge in [-0.15, -0.1) is 0 Å². The van der Waals surface area contributed by atoms with Crippen LogP contribution < -0.4 is 0 Å². The molecule has 3 heterocycles. The second-order valence-corrected chi connectivity index (χ2v) is 12.8. The minimum atomic E-state index is 0.684. The van der Waals surface area contributed by atoms with Gasteiger partial charge in [0.15, 0.2) is 5.82 Å². The van der Waals surface area contributed by atoms with Gasteiger partial charge in [-0.1, -0.05) is 115 Å². The molecule has 52 heavy (non-hydrogen) atoms. The van der Waals surface area contributed by atoms with E-state index in [0.717, 1.165) is 83.4 Å². The van der Waals surface area contributed by atoms with Gasteiger partial charge in [-0.05, 0) is 110 Å². The Balaban J connectivity index is 1.20. The molecule has 0 aliphatic rings. The van der Waals surface area contributed by atoms with Crippen molar-refractivity contribution >= 4 is 10.9 Å². The number of nitrogens with zero attached hydrogens (tertiary/aromatic N) is 4. The van der Waals surface area contributed by atoms with Gasteiger partial charge in [-0.25, -0.2) is 9.97 Å². The van der Waals surface area contributed by atoms with Crippen LogP contribution in [0.3, 0.4) is 0 Å². The molecule has 0 atom stereocenters. The summed E-state index contributed by atoms with van der Waals surface area (Å²) < 4.78 is 0. The summed E-state index contributed by atoms with van der Waals surface area (Å²) >= 11 is 0. The first kappa shape index (κ1) is 31.0. The zero-order valence-electron chi connectivity index (χ0n) is 28.3. The standard InChI is InChI=1S/C48H32N4/c1-3-7-33(8-4-1)41-19-20-46-45(32-41)47(40-9-5-2-6-10-40)52-48(51-46)44-30-42(36-15-11-34(12-16-36)38-21-25-49-26-22-38)29-43(31-44)37-17-13-35(14-18-37)39-23-27-50-28-24-39/h1-32H. The van der Waals surface area contributed by atoms with Crippen LogP contribution >= 0.6 is 0 Å². The quantitative estimate of drug-likeness (QED) is 0.170. The van der Waals surface area contributed by atoms with Gasteiger partial charge in [0, 0.05) is 41.3 Å². The highest BCUT2D eigenvalue weighted by Crippen LogP contribution is 2.37. The zero-order chi connectivity index (χ0) is 34.7. The maximum absolute atomic E-state index is 5.33. The molecule has 0 saturated carbocycles. The van der Waals surface area contributed by atoms with Gasteiger partial charge in [0.1, 0.15) is 0 Å². The van der Waals surface area contributed by atoms with Crippen molar-refractivity contribution in [3.05, 3.63) is 195 Å². The van der Waals surface area contributed by atoms with Gasteiger partial charge in [0.05, 0.1) is 11.2 Å². The summed E-state index contributed by atoms with van der Waals surface area (Å²) in [5.41, 5.74) is 15.1. The van der Waals surface area contributed by atoms with Crippen LogP contribution in [0.4, 0.5) is 0 Å². The van der Waals surface area contributed by atoms with E-state index in [4.69, 9.17) is 9.97 Å². The Bertz CT molecular complexity index is 2520. The molecule has 0 bridgehead atoms. The molecule has 0 spiro atoms. The number of fused-ring (bicyclic) bond motifs is 1. The second-order valence-electron chi connectivity index (χ2n) is 12.8. The van der Waals surface area contributed by atoms with Crippen LogP contribution in [0.25, 0.3) is 89.2 Å². The molecule has 0 amide bonds. The molecule has 0 N–H and O–H groups in total. The largest absolute Gasteiger partial charge is 0.265 e. The van der Waals surface area contributed by atoms with Crippen molar-refractivity contribution in [3.8, 4) is 78.3 Å². The molecule has 0 saturated heterocycles. The van der Waals surface area contributed by atoms with E-state index in [0.29, 0.717) is 5.82 Å². The Hall–Kier alpha value is -7.04. The summed E-state index contributed by atoms with van der Waals surface area (Å²) in [4.78, 5) is 18.9. The third-order valence-corrected chi connectivity index (χ3v) is 9.51. The van der Waals surface area contributed by atoms with Crippen molar-refractivity contribution in [2.75, 3.05) is 0 Å². The lowest BCUT2D eigenvalue weighted by molar-refractivity contribution is 1.23. The lowest BCUT2D eigenvalue weighted by atomic mass is 9.93. The Labute approximate surface area is 302 Å². The van der Waals surface area contributed by atoms with Crippen LogP contribution in [0, 0.1) is 0 Å². The molecule has 244 valence electrons. The van der Waals surface area contributed by atoms with E-state index in [-0.39, 0.29) is 0 Å². The van der Waals surface area contributed by atoms with Crippen LogP contribution in [-0.2, 0) is 0 Å². The van der Waals surface area contributed by atoms with E-state index in [1.165, 1.54) is 0 Å². The summed E-state index contributed by atoms with van der Waals surface area (Å²) in [7, 11) is 0. The van der Waals surface area contributed by atoms with Crippen LogP contribution in [0.5, 0.6) is 0 Å². The van der Waals surface area contributed by atoms with Crippen molar-refractivity contribution in [3.63, 3.8) is 0 Å². The summed E-state index contributed by atoms with van der Waals surface area (Å²) in [5.74, 6) is 0.684. The third-order valence-electron chi connectivity index (χ3n) is 9.51. The molecule has 9 rings (SSSR count). The number of hydrogen-bond donors (Lipinski definition) is 0. The average molecular weight is 665 g/mol. The first-order valence-corrected chi connectivity index (χ1v) is 17.3. The summed E-state index contributed by atoms with van der Waals surface area (Å²) in [6.45, 7) is 0. The van der Waals surface area contributed by atoms with Crippen molar-refractivity contribution in [2.45, 2.75) is 0 Å². The van der Waals surface area contributed by atoms with Crippen molar-refractivity contribution < 1.29 is 0 Å². The first-order chi connectivity index (χ1) is 25.7. The predicted molar refractivity (Wildman–Crippen MR) is 213 cm³/mol. The fourth-order valence-corrected chi connectivity index (χ4v) is 6.77. The maximum Gasteiger partial charge on any atom is 0.160 e. The normalized spacial score (nSPS) is 11.1. The smallest absolute Gasteiger partial charge is 0.160 e. The lowest BCUT2D eigenvalue weighted by Gasteiger charge is -2.14. The van der Waals surface area contributed by atoms with Gasteiger partial charge in [0.2, 0.25) is 0 Å². The number of pyridine rings is 2. The highest BCUT2D eigenvalue weighted by molar-refractivity contribution is 5.96. The zero-order valence-corrected chi connectivity index (χ0v) is 28.3. The number of benzene rings is 6. The molecule has 0 aliphatic heterocycles. The fourth-order valence-electron chi connectivity index (χ4n) is 6.77. The summed E-state index contributed by atoms with van der Waals surface area (Å²) in [6, 6.07) is 59.6. The van der Waals surface area contributed by atoms with Gasteiger partial charge < -0.3 is 0 Å². The highest BCUT2D eigenvalue weighted by atomic mass is 14.9. The second kappa shape index (κ2) is 13.7. The summed E-state index contributed by atoms with van der Waals surface area (Å²) in [6.07, 6.45) is 7.31. The Kier molecular flexibility index (Phi) is 8.16. The number of aromatic nitrogens is 4. The van der Waals surface area contributed by atoms with E-state index >= 15 is 0 Å². The van der Waals surface area contributed by atoms with E-state index in [2.05, 4.69) is 143 Å². The molecule has 3 aromatic heterocycles. The molecule has 0 unspecified atom stereocenters. The minimum absolute atomic E-state index is 0.684. The molecular formula is C48H32N4. The van der Waals surface area contributed by atoms with Crippen molar-refractivity contribution in [1.82, 2.24) is 19.9 Å². The first-order valence-electron chi connectivity index (χ1n) is 17.3. The third kappa shape index (κ3) is 6.26. The SMILES string of the molecule is c1ccc(-c2ccc3nc(-c4cc(-c5ccc(-c6ccncc6)cc5)cc(-c5ccc(-c6ccncc6)cc5)c4)nc(-c4ccccc4)c3c2)cc1. The van der Waals surface area contributed by atoms with Gasteiger partial charge in [-0.2, -0.15) is 0 Å². The van der Waals surface area contributed by atoms with Crippen molar-refractivity contribution in [2.24, 2.45) is 0 Å². The van der Waals surface area contributed by atoms with Gasteiger partial charge in [-0.3, -0.25) is 9.97 Å². The molecule has 0 aliphatic carbocycles. The predicted octanol–water partition coefficient (Wildman–Crippen LogP) is 12.1. The minimum Gasteiger partial charge on any atom is -0.265 e. The van der Waals surface area contributed by atoms with Crippen LogP contribution in [0.15, 0.2) is 195 Å². The van der Waals surface area contributed by atoms with E-state index < -0.39 is 0 Å². The van der Waals surface area contributed by atoms with Crippen molar-refractivity contribution in [1.29, 1.82) is 0 Å². The molecule has 0 fully saturated rings. The lowest BCUT2D eigenvalue weighted by Crippen LogP contribution is -1.97. The molecule has 4 nitrogen and oxygen atoms in total. The van der Waals surface area contributed by atoms with Crippen LogP contribution in [-0.4, -0.2) is 19.9 Å². The summed E-state index contributed by atoms with van der Waals surface area (Å²) in [5, 5.41) is 1.02. The number of rotatable bonds is 7. The number of hydrogen-bond acceptors (Lipinski definition) is 4. The molecule has 6 aromatic carbocycles. The Morgan fingerprint density at radius 1 is 0.269 bits per heavy atom. The monoisotopic (exact) mass is 664 g/mol. The topological polar surface area (TPSA) is 51.6 Å². The van der Waals surface area contributed by atoms with E-state index in [9.17, 15) is 0 Å². The van der Waals surface area contributed by atoms with Gasteiger partial charge >= 0.3 is 0 Å². The molecular weight excluding hydrogens is 633 g/mol.